The molecule has 2 aromatic rings. The van der Waals surface area contributed by atoms with E-state index in [0.717, 1.165) is 22.4 Å². The van der Waals surface area contributed by atoms with Crippen molar-refractivity contribution in [1.29, 1.82) is 5.26 Å². The first-order valence-electron chi connectivity index (χ1n) is 6.57. The molecule has 0 fully saturated rings. The number of hydrogen-bond donors (Lipinski definition) is 0. The molecule has 0 aliphatic rings. The van der Waals surface area contributed by atoms with Gasteiger partial charge in [0.05, 0.1) is 11.6 Å². The molecule has 100 valence electrons. The molecule has 0 N–H and O–H groups in total. The van der Waals surface area contributed by atoms with Gasteiger partial charge in [0.15, 0.2) is 0 Å². The van der Waals surface area contributed by atoms with Crippen LogP contribution in [0.4, 0.5) is 5.69 Å². The Bertz CT molecular complexity index is 659. The summed E-state index contributed by atoms with van der Waals surface area (Å²) < 4.78 is 0. The summed E-state index contributed by atoms with van der Waals surface area (Å²) in [5.74, 6) is 0. The van der Waals surface area contributed by atoms with Gasteiger partial charge in [-0.3, -0.25) is 0 Å². The van der Waals surface area contributed by atoms with Gasteiger partial charge in [0.25, 0.3) is 0 Å². The Morgan fingerprint density at radius 2 is 1.70 bits per heavy atom. The second-order valence-corrected chi connectivity index (χ2v) is 4.97. The minimum Gasteiger partial charge on any atom is -0.378 e. The summed E-state index contributed by atoms with van der Waals surface area (Å²) in [5, 5.41) is 9.38. The fraction of sp³-hybridized carbons (Fsp3) is 0.167. The molecule has 0 saturated heterocycles. The van der Waals surface area contributed by atoms with E-state index < -0.39 is 0 Å². The zero-order valence-electron chi connectivity index (χ0n) is 12.1. The lowest BCUT2D eigenvalue weighted by atomic mass is 9.99. The van der Waals surface area contributed by atoms with Crippen molar-refractivity contribution in [2.75, 3.05) is 19.0 Å². The molecule has 20 heavy (non-hydrogen) atoms. The molecule has 2 rings (SSSR count). The summed E-state index contributed by atoms with van der Waals surface area (Å²) in [6, 6.07) is 18.4. The van der Waals surface area contributed by atoms with E-state index in [1.807, 2.05) is 63.5 Å². The first-order valence-corrected chi connectivity index (χ1v) is 6.57. The molecule has 0 heterocycles. The van der Waals surface area contributed by atoms with Crippen molar-refractivity contribution in [2.24, 2.45) is 0 Å². The second kappa shape index (κ2) is 6.08. The van der Waals surface area contributed by atoms with Gasteiger partial charge >= 0.3 is 0 Å². The molecule has 2 heteroatoms. The fourth-order valence-electron chi connectivity index (χ4n) is 2.08. The third-order valence-corrected chi connectivity index (χ3v) is 3.28. The van der Waals surface area contributed by atoms with E-state index >= 15 is 0 Å². The van der Waals surface area contributed by atoms with Gasteiger partial charge in [-0.15, -0.1) is 0 Å². The van der Waals surface area contributed by atoms with Crippen LogP contribution < -0.4 is 4.90 Å². The number of benzene rings is 2. The normalized spacial score (nSPS) is 11.0. The Kier molecular flexibility index (Phi) is 4.22. The molecule has 0 spiro atoms. The molecule has 0 bridgehead atoms. The van der Waals surface area contributed by atoms with Crippen molar-refractivity contribution in [3.8, 4) is 6.07 Å². The van der Waals surface area contributed by atoms with Gasteiger partial charge in [0.1, 0.15) is 0 Å². The van der Waals surface area contributed by atoms with Gasteiger partial charge in [-0.1, -0.05) is 36.4 Å². The molecule has 0 aliphatic carbocycles. The van der Waals surface area contributed by atoms with E-state index in [1.54, 1.807) is 0 Å². The van der Waals surface area contributed by atoms with Crippen molar-refractivity contribution >= 4 is 17.3 Å². The van der Waals surface area contributed by atoms with Gasteiger partial charge in [-0.25, -0.2) is 0 Å². The van der Waals surface area contributed by atoms with Gasteiger partial charge < -0.3 is 4.90 Å². The van der Waals surface area contributed by atoms with E-state index in [4.69, 9.17) is 0 Å². The van der Waals surface area contributed by atoms with E-state index in [9.17, 15) is 5.26 Å². The van der Waals surface area contributed by atoms with Gasteiger partial charge in [-0.2, -0.15) is 5.26 Å². The Morgan fingerprint density at radius 3 is 2.25 bits per heavy atom. The van der Waals surface area contributed by atoms with Crippen molar-refractivity contribution < 1.29 is 0 Å². The van der Waals surface area contributed by atoms with Gasteiger partial charge in [-0.05, 0) is 41.8 Å². The van der Waals surface area contributed by atoms with Crippen LogP contribution in [-0.2, 0) is 0 Å². The highest BCUT2D eigenvalue weighted by Crippen LogP contribution is 2.22. The molecule has 0 unspecified atom stereocenters. The minimum atomic E-state index is 0.695. The highest BCUT2D eigenvalue weighted by Gasteiger charge is 2.04. The summed E-state index contributed by atoms with van der Waals surface area (Å²) in [4.78, 5) is 2.06. The van der Waals surface area contributed by atoms with E-state index in [0.29, 0.717) is 5.57 Å². The van der Waals surface area contributed by atoms with Gasteiger partial charge in [0.2, 0.25) is 0 Å². The minimum absolute atomic E-state index is 0.695. The van der Waals surface area contributed by atoms with Crippen LogP contribution in [0.15, 0.2) is 48.5 Å². The topological polar surface area (TPSA) is 27.0 Å². The summed E-state index contributed by atoms with van der Waals surface area (Å²) in [5.41, 5.74) is 4.99. The van der Waals surface area contributed by atoms with Crippen molar-refractivity contribution in [3.05, 3.63) is 65.2 Å². The van der Waals surface area contributed by atoms with Crippen LogP contribution >= 0.6 is 0 Å². The van der Waals surface area contributed by atoms with Crippen LogP contribution in [0.1, 0.15) is 16.7 Å². The van der Waals surface area contributed by atoms with Crippen LogP contribution in [0.25, 0.3) is 11.6 Å². The zero-order chi connectivity index (χ0) is 14.5. The number of anilines is 1. The summed E-state index contributed by atoms with van der Waals surface area (Å²) in [6.07, 6.45) is 1.93. The van der Waals surface area contributed by atoms with Crippen molar-refractivity contribution in [1.82, 2.24) is 0 Å². The van der Waals surface area contributed by atoms with Crippen molar-refractivity contribution in [3.63, 3.8) is 0 Å². The zero-order valence-corrected chi connectivity index (χ0v) is 12.1. The fourth-order valence-corrected chi connectivity index (χ4v) is 2.08. The Morgan fingerprint density at radius 1 is 1.05 bits per heavy atom. The van der Waals surface area contributed by atoms with E-state index in [-0.39, 0.29) is 0 Å². The second-order valence-electron chi connectivity index (χ2n) is 4.97. The number of nitriles is 1. The van der Waals surface area contributed by atoms with E-state index in [2.05, 4.69) is 23.1 Å². The molecule has 0 amide bonds. The average molecular weight is 262 g/mol. The first kappa shape index (κ1) is 13.9. The lowest BCUT2D eigenvalue weighted by molar-refractivity contribution is 1.13. The standard InChI is InChI=1S/C18H18N2/c1-14-6-4-5-7-18(14)16(13-19)12-15-8-10-17(11-9-15)20(2)3/h4-12H,1-3H3/b16-12+. The number of allylic oxidation sites excluding steroid dienone is 1. The van der Waals surface area contributed by atoms with E-state index in [1.165, 1.54) is 0 Å². The molecule has 0 atom stereocenters. The molecule has 0 aliphatic heterocycles. The van der Waals surface area contributed by atoms with Crippen LogP contribution in [0, 0.1) is 18.3 Å². The van der Waals surface area contributed by atoms with Gasteiger partial charge in [0, 0.05) is 19.8 Å². The number of rotatable bonds is 3. The SMILES string of the molecule is Cc1ccccc1/C(C#N)=C/c1ccc(N(C)C)cc1. The molecule has 2 aromatic carbocycles. The maximum atomic E-state index is 9.38. The smallest absolute Gasteiger partial charge is 0.0998 e. The predicted octanol–water partition coefficient (Wildman–Crippen LogP) is 4.13. The Hall–Kier alpha value is -2.53. The third kappa shape index (κ3) is 3.07. The molecule has 2 nitrogen and oxygen atoms in total. The monoisotopic (exact) mass is 262 g/mol. The average Bonchev–Trinajstić information content (AvgIpc) is 2.46. The summed E-state index contributed by atoms with van der Waals surface area (Å²) in [7, 11) is 4.03. The highest BCUT2D eigenvalue weighted by atomic mass is 15.1. The largest absolute Gasteiger partial charge is 0.378 e. The molecule has 0 aromatic heterocycles. The summed E-state index contributed by atoms with van der Waals surface area (Å²) in [6.45, 7) is 2.02. The van der Waals surface area contributed by atoms with Crippen LogP contribution in [0.5, 0.6) is 0 Å². The first-order chi connectivity index (χ1) is 9.61. The van der Waals surface area contributed by atoms with Crippen LogP contribution in [0.2, 0.25) is 0 Å². The number of aryl methyl sites for hydroxylation is 1. The summed E-state index contributed by atoms with van der Waals surface area (Å²) >= 11 is 0. The predicted molar refractivity (Wildman–Crippen MR) is 85.4 cm³/mol. The molecular weight excluding hydrogens is 244 g/mol. The van der Waals surface area contributed by atoms with Crippen LogP contribution in [-0.4, -0.2) is 14.1 Å². The third-order valence-electron chi connectivity index (χ3n) is 3.28. The maximum absolute atomic E-state index is 9.38. The van der Waals surface area contributed by atoms with Crippen LogP contribution in [0.3, 0.4) is 0 Å². The lowest BCUT2D eigenvalue weighted by Crippen LogP contribution is -2.07. The molecule has 0 radical (unpaired) electrons. The Labute approximate surface area is 120 Å². The Balaban J connectivity index is 2.37. The number of hydrogen-bond acceptors (Lipinski definition) is 2. The lowest BCUT2D eigenvalue weighted by Gasteiger charge is -2.12. The maximum Gasteiger partial charge on any atom is 0.0998 e. The highest BCUT2D eigenvalue weighted by molar-refractivity contribution is 5.90. The quantitative estimate of drug-likeness (QED) is 0.614. The number of nitrogens with zero attached hydrogens (tertiary/aromatic N) is 2. The molecular formula is C18H18N2. The molecule has 0 saturated carbocycles. The van der Waals surface area contributed by atoms with Crippen molar-refractivity contribution in [2.45, 2.75) is 6.92 Å².